The van der Waals surface area contributed by atoms with E-state index in [9.17, 15) is 0 Å². The molecule has 17 heavy (non-hydrogen) atoms. The molecule has 0 aliphatic rings. The summed E-state index contributed by atoms with van der Waals surface area (Å²) >= 11 is 7.86. The molecule has 0 aliphatic heterocycles. The minimum absolute atomic E-state index is 0.167. The highest BCUT2D eigenvalue weighted by Crippen LogP contribution is 2.27. The van der Waals surface area contributed by atoms with Crippen LogP contribution >= 0.6 is 23.4 Å². The van der Waals surface area contributed by atoms with Crippen molar-refractivity contribution in [2.45, 2.75) is 10.9 Å². The second-order valence-corrected chi connectivity index (χ2v) is 5.06. The fourth-order valence-corrected chi connectivity index (χ4v) is 2.38. The molecule has 0 spiro atoms. The van der Waals surface area contributed by atoms with Crippen LogP contribution in [0.5, 0.6) is 0 Å². The highest BCUT2D eigenvalue weighted by atomic mass is 35.5. The van der Waals surface area contributed by atoms with Crippen LogP contribution in [-0.4, -0.2) is 6.26 Å². The predicted octanol–water partition coefficient (Wildman–Crippen LogP) is 4.11. The number of hydrogen-bond acceptors (Lipinski definition) is 2. The van der Waals surface area contributed by atoms with E-state index < -0.39 is 0 Å². The molecule has 0 fully saturated rings. The molecule has 0 bridgehead atoms. The molecule has 0 heterocycles. The van der Waals surface area contributed by atoms with Gasteiger partial charge in [-0.2, -0.15) is 0 Å². The first kappa shape index (κ1) is 12.5. The minimum atomic E-state index is -0.167. The van der Waals surface area contributed by atoms with E-state index in [1.807, 2.05) is 24.3 Å². The Morgan fingerprint density at radius 3 is 2.29 bits per heavy atom. The maximum absolute atomic E-state index is 6.22. The van der Waals surface area contributed by atoms with Crippen LogP contribution in [0.4, 0.5) is 0 Å². The van der Waals surface area contributed by atoms with Crippen molar-refractivity contribution in [3.05, 3.63) is 64.7 Å². The van der Waals surface area contributed by atoms with Gasteiger partial charge >= 0.3 is 0 Å². The molecule has 0 amide bonds. The van der Waals surface area contributed by atoms with E-state index in [-0.39, 0.29) is 6.04 Å². The molecule has 2 aromatic rings. The van der Waals surface area contributed by atoms with Crippen molar-refractivity contribution in [2.24, 2.45) is 5.73 Å². The number of nitrogens with two attached hydrogens (primary N) is 1. The zero-order chi connectivity index (χ0) is 12.3. The second kappa shape index (κ2) is 5.58. The maximum Gasteiger partial charge on any atom is 0.0566 e. The Bertz CT molecular complexity index is 496. The van der Waals surface area contributed by atoms with Crippen molar-refractivity contribution in [1.29, 1.82) is 0 Å². The van der Waals surface area contributed by atoms with E-state index in [0.717, 1.165) is 11.1 Å². The third-order valence-electron chi connectivity index (χ3n) is 2.72. The number of hydrogen-bond donors (Lipinski definition) is 1. The van der Waals surface area contributed by atoms with Gasteiger partial charge in [-0.1, -0.05) is 41.9 Å². The van der Waals surface area contributed by atoms with E-state index in [1.165, 1.54) is 4.90 Å². The molecule has 1 nitrogen and oxygen atoms in total. The van der Waals surface area contributed by atoms with Gasteiger partial charge in [0.25, 0.3) is 0 Å². The van der Waals surface area contributed by atoms with Crippen LogP contribution < -0.4 is 5.73 Å². The smallest absolute Gasteiger partial charge is 0.0566 e. The number of benzene rings is 2. The van der Waals surface area contributed by atoms with Gasteiger partial charge in [-0.3, -0.25) is 0 Å². The normalized spacial score (nSPS) is 12.4. The number of rotatable bonds is 3. The Kier molecular flexibility index (Phi) is 4.11. The summed E-state index contributed by atoms with van der Waals surface area (Å²) in [5, 5.41) is 0.717. The summed E-state index contributed by atoms with van der Waals surface area (Å²) in [7, 11) is 0. The third kappa shape index (κ3) is 2.83. The average Bonchev–Trinajstić information content (AvgIpc) is 2.39. The lowest BCUT2D eigenvalue weighted by Gasteiger charge is -2.14. The van der Waals surface area contributed by atoms with Gasteiger partial charge in [0.05, 0.1) is 6.04 Å². The molecular weight excluding hydrogens is 250 g/mol. The van der Waals surface area contributed by atoms with Crippen molar-refractivity contribution in [3.8, 4) is 0 Å². The summed E-state index contributed by atoms with van der Waals surface area (Å²) in [5.74, 6) is 0. The quantitative estimate of drug-likeness (QED) is 0.844. The van der Waals surface area contributed by atoms with Gasteiger partial charge in [0, 0.05) is 9.92 Å². The maximum atomic E-state index is 6.22. The fraction of sp³-hybridized carbons (Fsp3) is 0.143. The molecule has 1 unspecified atom stereocenters. The topological polar surface area (TPSA) is 26.0 Å². The van der Waals surface area contributed by atoms with Gasteiger partial charge < -0.3 is 5.73 Å². The van der Waals surface area contributed by atoms with E-state index in [0.29, 0.717) is 5.02 Å². The third-order valence-corrected chi connectivity index (χ3v) is 3.80. The van der Waals surface area contributed by atoms with Gasteiger partial charge in [0.1, 0.15) is 0 Å². The van der Waals surface area contributed by atoms with Gasteiger partial charge in [0.15, 0.2) is 0 Å². The number of thioether (sulfide) groups is 1. The van der Waals surface area contributed by atoms with Crippen molar-refractivity contribution >= 4 is 23.4 Å². The van der Waals surface area contributed by atoms with E-state index in [1.54, 1.807) is 11.8 Å². The van der Waals surface area contributed by atoms with Crippen molar-refractivity contribution in [3.63, 3.8) is 0 Å². The molecule has 2 rings (SSSR count). The largest absolute Gasteiger partial charge is 0.320 e. The van der Waals surface area contributed by atoms with Crippen LogP contribution in [-0.2, 0) is 0 Å². The van der Waals surface area contributed by atoms with Crippen LogP contribution in [0.2, 0.25) is 5.02 Å². The molecule has 1 atom stereocenters. The van der Waals surface area contributed by atoms with Gasteiger partial charge in [0.2, 0.25) is 0 Å². The SMILES string of the molecule is CSc1ccc(C(N)c2ccccc2Cl)cc1. The summed E-state index contributed by atoms with van der Waals surface area (Å²) in [5.41, 5.74) is 8.26. The number of halogens is 1. The average molecular weight is 264 g/mol. The van der Waals surface area contributed by atoms with Crippen molar-refractivity contribution < 1.29 is 0 Å². The molecule has 0 saturated heterocycles. The molecule has 0 radical (unpaired) electrons. The molecule has 0 saturated carbocycles. The molecule has 2 N–H and O–H groups in total. The second-order valence-electron chi connectivity index (χ2n) is 3.77. The first-order valence-corrected chi connectivity index (χ1v) is 6.96. The molecule has 0 aliphatic carbocycles. The standard InChI is InChI=1S/C14H14ClNS/c1-17-11-8-6-10(7-9-11)14(16)12-4-2-3-5-13(12)15/h2-9,14H,16H2,1H3. The van der Waals surface area contributed by atoms with Crippen molar-refractivity contribution in [1.82, 2.24) is 0 Å². The van der Waals surface area contributed by atoms with E-state index >= 15 is 0 Å². The summed E-state index contributed by atoms with van der Waals surface area (Å²) in [4.78, 5) is 1.24. The van der Waals surface area contributed by atoms with Crippen LogP contribution in [0.25, 0.3) is 0 Å². The molecule has 3 heteroatoms. The highest BCUT2D eigenvalue weighted by molar-refractivity contribution is 7.98. The Hall–Kier alpha value is -0.960. The Morgan fingerprint density at radius 2 is 1.71 bits per heavy atom. The lowest BCUT2D eigenvalue weighted by Crippen LogP contribution is -2.12. The first-order chi connectivity index (χ1) is 8.22. The first-order valence-electron chi connectivity index (χ1n) is 5.36. The summed E-state index contributed by atoms with van der Waals surface area (Å²) < 4.78 is 0. The Labute approximate surface area is 111 Å². The zero-order valence-corrected chi connectivity index (χ0v) is 11.1. The lowest BCUT2D eigenvalue weighted by molar-refractivity contribution is 0.870. The van der Waals surface area contributed by atoms with Gasteiger partial charge in [-0.05, 0) is 35.6 Å². The Morgan fingerprint density at radius 1 is 1.06 bits per heavy atom. The predicted molar refractivity (Wildman–Crippen MR) is 75.7 cm³/mol. The Balaban J connectivity index is 2.30. The highest BCUT2D eigenvalue weighted by Gasteiger charge is 2.11. The molecular formula is C14H14ClNS. The monoisotopic (exact) mass is 263 g/mol. The van der Waals surface area contributed by atoms with E-state index in [4.69, 9.17) is 17.3 Å². The molecule has 2 aromatic carbocycles. The lowest BCUT2D eigenvalue weighted by atomic mass is 10.00. The molecule has 0 aromatic heterocycles. The fourth-order valence-electron chi connectivity index (χ4n) is 1.72. The molecule has 88 valence electrons. The van der Waals surface area contributed by atoms with Crippen LogP contribution in [0.15, 0.2) is 53.4 Å². The summed E-state index contributed by atoms with van der Waals surface area (Å²) in [6.07, 6.45) is 2.06. The summed E-state index contributed by atoms with van der Waals surface area (Å²) in [6, 6.07) is 15.8. The van der Waals surface area contributed by atoms with Crippen LogP contribution in [0, 0.1) is 0 Å². The summed E-state index contributed by atoms with van der Waals surface area (Å²) in [6.45, 7) is 0. The minimum Gasteiger partial charge on any atom is -0.320 e. The van der Waals surface area contributed by atoms with Crippen LogP contribution in [0.1, 0.15) is 17.2 Å². The van der Waals surface area contributed by atoms with Gasteiger partial charge in [-0.25, -0.2) is 0 Å². The van der Waals surface area contributed by atoms with Crippen molar-refractivity contribution in [2.75, 3.05) is 6.26 Å². The zero-order valence-electron chi connectivity index (χ0n) is 9.56. The van der Waals surface area contributed by atoms with E-state index in [2.05, 4.69) is 30.5 Å². The van der Waals surface area contributed by atoms with Gasteiger partial charge in [-0.15, -0.1) is 11.8 Å². The van der Waals surface area contributed by atoms with Crippen LogP contribution in [0.3, 0.4) is 0 Å².